The van der Waals surface area contributed by atoms with Gasteiger partial charge in [-0.15, -0.1) is 0 Å². The van der Waals surface area contributed by atoms with Gasteiger partial charge in [-0.25, -0.2) is 4.79 Å². The minimum Gasteiger partial charge on any atom is -0.462 e. The molecule has 91 heavy (non-hydrogen) atoms. The minimum absolute atomic E-state index is 0.0154. The van der Waals surface area contributed by atoms with Gasteiger partial charge < -0.3 is 49.7 Å². The molecule has 4 heterocycles. The Kier molecular flexibility index (Phi) is 22.2. The molecule has 20 atom stereocenters. The van der Waals surface area contributed by atoms with Gasteiger partial charge >= 0.3 is 17.9 Å². The van der Waals surface area contributed by atoms with Crippen LogP contribution in [0.25, 0.3) is 0 Å². The third kappa shape index (κ3) is 15.8. The van der Waals surface area contributed by atoms with E-state index in [-0.39, 0.29) is 146 Å². The van der Waals surface area contributed by atoms with Crippen molar-refractivity contribution in [3.63, 3.8) is 0 Å². The molecule has 12 aliphatic rings. The maximum Gasteiger partial charge on any atom is 0.332 e. The van der Waals surface area contributed by atoms with E-state index in [1.165, 1.54) is 6.08 Å². The van der Waals surface area contributed by atoms with Gasteiger partial charge in [0.05, 0.1) is 46.4 Å². The highest BCUT2D eigenvalue weighted by atomic mass is 32.2. The normalized spacial score (nSPS) is 36.3. The van der Waals surface area contributed by atoms with E-state index >= 15 is 0 Å². The Balaban J connectivity index is 0.000000144. The van der Waals surface area contributed by atoms with Crippen LogP contribution in [0.3, 0.4) is 0 Å². The molecule has 8 bridgehead atoms. The van der Waals surface area contributed by atoms with Gasteiger partial charge in [0, 0.05) is 84.7 Å². The van der Waals surface area contributed by atoms with Crippen molar-refractivity contribution in [2.24, 2.45) is 47.3 Å². The maximum absolute atomic E-state index is 11.9. The van der Waals surface area contributed by atoms with Gasteiger partial charge in [-0.3, -0.25) is 45.5 Å². The van der Waals surface area contributed by atoms with Crippen molar-refractivity contribution < 1.29 is 112 Å². The highest BCUT2D eigenvalue weighted by Gasteiger charge is 2.68. The third-order valence-corrected chi connectivity index (χ3v) is 26.3. The van der Waals surface area contributed by atoms with Crippen LogP contribution >= 0.6 is 0 Å². The summed E-state index contributed by atoms with van der Waals surface area (Å²) in [6.45, 7) is 20.2. The zero-order valence-electron chi connectivity index (χ0n) is 50.9. The molecule has 508 valence electrons. The van der Waals surface area contributed by atoms with Crippen LogP contribution < -0.4 is 21.3 Å². The monoisotopic (exact) mass is 1360 g/mol. The zero-order valence-corrected chi connectivity index (χ0v) is 54.2. The molecule has 4 amide bonds. The van der Waals surface area contributed by atoms with Crippen LogP contribution in [0.2, 0.25) is 0 Å². The lowest BCUT2D eigenvalue weighted by Crippen LogP contribution is -2.37. The van der Waals surface area contributed by atoms with Crippen molar-refractivity contribution in [3.8, 4) is 0 Å². The molecule has 20 unspecified atom stereocenters. The summed E-state index contributed by atoms with van der Waals surface area (Å²) in [4.78, 5) is 80.2. The van der Waals surface area contributed by atoms with E-state index < -0.39 is 92.7 Å². The third-order valence-electron chi connectivity index (χ3n) is 19.2. The number of hydrogen-bond acceptors (Lipinski definition) is 25. The number of ether oxygens (including phenoxy) is 6. The molecular weight excluding hydrogens is 1280 g/mol. The quantitative estimate of drug-likeness (QED) is 0.0229. The van der Waals surface area contributed by atoms with Crippen LogP contribution in [-0.4, -0.2) is 198 Å². The second kappa shape index (κ2) is 28.8. The van der Waals surface area contributed by atoms with E-state index in [1.54, 1.807) is 20.8 Å². The topological polar surface area (TPSA) is 396 Å². The summed E-state index contributed by atoms with van der Waals surface area (Å²) in [5.74, 6) is -1.79. The maximum atomic E-state index is 11.9. The van der Waals surface area contributed by atoms with E-state index in [9.17, 15) is 67.2 Å². The fraction of sp³-hybridized carbons (Fsp3) is 0.741. The molecule has 12 rings (SSSR count). The van der Waals surface area contributed by atoms with Gasteiger partial charge in [0.25, 0.3) is 40.5 Å². The molecule has 33 heteroatoms. The Morgan fingerprint density at radius 3 is 1.18 bits per heavy atom. The number of esters is 3. The summed E-state index contributed by atoms with van der Waals surface area (Å²) < 4.78 is 148. The minimum atomic E-state index is -3.49. The van der Waals surface area contributed by atoms with Crippen LogP contribution in [-0.2, 0) is 119 Å². The van der Waals surface area contributed by atoms with E-state index in [1.807, 2.05) is 0 Å². The predicted molar refractivity (Wildman–Crippen MR) is 316 cm³/mol. The molecule has 29 nitrogen and oxygen atoms in total. The second-order valence-corrected chi connectivity index (χ2v) is 32.5. The first-order chi connectivity index (χ1) is 42.9. The molecule has 4 aliphatic heterocycles. The number of nitrogens with one attached hydrogen (secondary N) is 4. The fourth-order valence-corrected chi connectivity index (χ4v) is 22.6. The highest BCUT2D eigenvalue weighted by Crippen LogP contribution is 2.58. The van der Waals surface area contributed by atoms with Crippen LogP contribution in [0, 0.1) is 47.3 Å². The van der Waals surface area contributed by atoms with E-state index in [4.69, 9.17) is 45.2 Å². The summed E-state index contributed by atoms with van der Waals surface area (Å²) in [5.41, 5.74) is 1.25. The molecule has 8 aliphatic carbocycles. The van der Waals surface area contributed by atoms with Gasteiger partial charge in [0.15, 0.2) is 0 Å². The van der Waals surface area contributed by atoms with E-state index in [0.717, 1.165) is 25.7 Å². The van der Waals surface area contributed by atoms with Crippen LogP contribution in [0.15, 0.2) is 49.1 Å². The molecular formula is C58H82N4O25S4. The SMILES string of the molecule is C=C(C)C(=O)NCCCC(=O)OC1C2CC3C1OS(=O)(=O)C3C2.C=C(C)C(=O)NCCOC(=O)COC1C2CC3C1OS(=O)(=O)C3C2.C=C(C)C(=O)NCCOCOC1C2CC3C1OS(=O)(=O)C3C2.C=CC(=O)NCCCC(=O)OC1C2CC3C1OS(=O)(=O)C3C2. The average Bonchev–Trinajstić information content (AvgIpc) is 1.60. The van der Waals surface area contributed by atoms with Gasteiger partial charge in [-0.2, -0.15) is 33.7 Å². The summed E-state index contributed by atoms with van der Waals surface area (Å²) in [7, 11) is -13.8. The van der Waals surface area contributed by atoms with Gasteiger partial charge in [0.1, 0.15) is 56.6 Å². The number of carbonyl (C=O) groups is 7. The molecule has 0 radical (unpaired) electrons. The first-order valence-electron chi connectivity index (χ1n) is 30.7. The van der Waals surface area contributed by atoms with Gasteiger partial charge in [-0.05, 0) is 103 Å². The second-order valence-electron chi connectivity index (χ2n) is 25.3. The van der Waals surface area contributed by atoms with Gasteiger partial charge in [-0.1, -0.05) is 26.3 Å². The highest BCUT2D eigenvalue weighted by molar-refractivity contribution is 7.88. The van der Waals surface area contributed by atoms with Crippen molar-refractivity contribution >= 4 is 82.0 Å². The van der Waals surface area contributed by atoms with Crippen molar-refractivity contribution in [1.29, 1.82) is 0 Å². The number of rotatable bonds is 26. The largest absolute Gasteiger partial charge is 0.462 e. The molecule has 12 fully saturated rings. The van der Waals surface area contributed by atoms with E-state index in [0.29, 0.717) is 81.5 Å². The Labute approximate surface area is 530 Å². The smallest absolute Gasteiger partial charge is 0.332 e. The average molecular weight is 1360 g/mol. The molecule has 4 N–H and O–H groups in total. The number of carbonyl (C=O) groups excluding carboxylic acids is 7. The van der Waals surface area contributed by atoms with Crippen molar-refractivity contribution in [1.82, 2.24) is 21.3 Å². The summed E-state index contributed by atoms with van der Waals surface area (Å²) in [6.07, 6.45) is 4.47. The molecule has 8 saturated carbocycles. The molecule has 0 aromatic heterocycles. The number of amides is 4. The lowest BCUT2D eigenvalue weighted by molar-refractivity contribution is -0.156. The molecule has 0 aromatic carbocycles. The van der Waals surface area contributed by atoms with Crippen molar-refractivity contribution in [2.75, 3.05) is 52.8 Å². The standard InChI is InChI=1S/C15H21NO7S.C15H21NO6S.C14H21NO6S.C14H19NO6S/c1-8(2)15(18)16-3-4-21-12(17)7-22-13-9-5-10-11(6-9)24(19,20)23-14(10)13;1-8(2)15(18)16-5-3-4-12(17)21-13-9-6-10-11(7-9)23(19,20)22-14(10)13;1-8(2)14(16)15-3-4-19-7-20-12-9-5-10-11(6-9)22(17,18)21-13(10)12;1-2-11(16)15-5-3-4-12(17)20-13-8-6-9-10(7-8)22(18,19)21-14(9)13/h9-11,13-14H,1,3-7H2,2H3,(H,16,18);9-11,13-14H,1,3-7H2,2H3,(H,16,18);9-13H,1,3-7H2,2H3,(H,15,16);2,8-10,13-14H,1,3-7H2,(H,15,16). The molecule has 4 saturated heterocycles. The number of fused-ring (bicyclic) bond motifs is 4. The Morgan fingerprint density at radius 1 is 0.451 bits per heavy atom. The van der Waals surface area contributed by atoms with Crippen molar-refractivity contribution in [2.45, 2.75) is 168 Å². The Hall–Kier alpha value is -5.23. The first kappa shape index (κ1) is 70.1. The molecule has 0 spiro atoms. The van der Waals surface area contributed by atoms with Crippen LogP contribution in [0.5, 0.6) is 0 Å². The Morgan fingerprint density at radius 2 is 0.791 bits per heavy atom. The van der Waals surface area contributed by atoms with Gasteiger partial charge in [0.2, 0.25) is 23.6 Å². The fourth-order valence-electron chi connectivity index (χ4n) is 15.1. The summed E-state index contributed by atoms with van der Waals surface area (Å²) in [6, 6.07) is 0. The Bertz CT molecular complexity index is 3340. The summed E-state index contributed by atoms with van der Waals surface area (Å²) in [5, 5.41) is 8.86. The number of hydrogen-bond donors (Lipinski definition) is 4. The molecule has 0 aromatic rings. The lowest BCUT2D eigenvalue weighted by atomic mass is 9.94. The predicted octanol–water partition coefficient (Wildman–Crippen LogP) is 0.544. The lowest BCUT2D eigenvalue weighted by Gasteiger charge is -2.24. The van der Waals surface area contributed by atoms with E-state index in [2.05, 4.69) is 47.6 Å². The zero-order chi connectivity index (χ0) is 66.1. The van der Waals surface area contributed by atoms with Crippen molar-refractivity contribution in [3.05, 3.63) is 49.1 Å². The summed E-state index contributed by atoms with van der Waals surface area (Å²) >= 11 is 0. The first-order valence-corrected chi connectivity index (χ1v) is 36.5. The van der Waals surface area contributed by atoms with Crippen LogP contribution in [0.1, 0.15) is 97.8 Å². The van der Waals surface area contributed by atoms with Crippen LogP contribution in [0.4, 0.5) is 0 Å².